The summed E-state index contributed by atoms with van der Waals surface area (Å²) >= 11 is 1.81. The van der Waals surface area contributed by atoms with E-state index in [9.17, 15) is 4.79 Å². The Kier molecular flexibility index (Phi) is 3.72. The van der Waals surface area contributed by atoms with E-state index in [-0.39, 0.29) is 11.9 Å². The van der Waals surface area contributed by atoms with Gasteiger partial charge in [0, 0.05) is 18.8 Å². The lowest BCUT2D eigenvalue weighted by Gasteiger charge is -2.31. The molecule has 0 saturated carbocycles. The molecule has 20 heavy (non-hydrogen) atoms. The Morgan fingerprint density at radius 1 is 1.40 bits per heavy atom. The van der Waals surface area contributed by atoms with Crippen LogP contribution in [0.2, 0.25) is 0 Å². The Bertz CT molecular complexity index is 583. The fourth-order valence-electron chi connectivity index (χ4n) is 2.93. The summed E-state index contributed by atoms with van der Waals surface area (Å²) in [5, 5.41) is 1.25. The maximum Gasteiger partial charge on any atom is 0.275 e. The lowest BCUT2D eigenvalue weighted by atomic mass is 9.96. The van der Waals surface area contributed by atoms with Crippen LogP contribution in [0.5, 0.6) is 0 Å². The molecule has 0 radical (unpaired) electrons. The summed E-state index contributed by atoms with van der Waals surface area (Å²) in [6.07, 6.45) is 2.18. The number of aromatic nitrogens is 1. The Morgan fingerprint density at radius 2 is 2.10 bits per heavy atom. The number of hydrogen-bond donors (Lipinski definition) is 2. The number of hydrogen-bond acceptors (Lipinski definition) is 3. The van der Waals surface area contributed by atoms with Crippen molar-refractivity contribution in [3.05, 3.63) is 29.3 Å². The van der Waals surface area contributed by atoms with Gasteiger partial charge in [-0.05, 0) is 19.1 Å². The van der Waals surface area contributed by atoms with Crippen LogP contribution in [0, 0.1) is 0 Å². The van der Waals surface area contributed by atoms with Crippen LogP contribution in [0.15, 0.2) is 24.3 Å². The zero-order valence-electron chi connectivity index (χ0n) is 11.6. The van der Waals surface area contributed by atoms with Crippen LogP contribution in [0.1, 0.15) is 30.7 Å². The molecule has 3 N–H and O–H groups in total. The molecule has 1 aromatic heterocycles. The first kappa shape index (κ1) is 13.5. The number of benzene rings is 1. The Labute approximate surface area is 122 Å². The van der Waals surface area contributed by atoms with Crippen LogP contribution in [-0.4, -0.2) is 30.0 Å². The van der Waals surface area contributed by atoms with Gasteiger partial charge in [0.15, 0.2) is 6.04 Å². The minimum atomic E-state index is -0.196. The van der Waals surface area contributed by atoms with Gasteiger partial charge in [0.1, 0.15) is 0 Å². The lowest BCUT2D eigenvalue weighted by Crippen LogP contribution is -3.17. The number of likely N-dealkylation sites (tertiary alicyclic amines) is 1. The molecule has 4 nitrogen and oxygen atoms in total. The molecule has 1 fully saturated rings. The lowest BCUT2D eigenvalue weighted by molar-refractivity contribution is -0.919. The summed E-state index contributed by atoms with van der Waals surface area (Å²) in [6, 6.07) is 8.22. The van der Waals surface area contributed by atoms with Gasteiger partial charge in [-0.2, -0.15) is 0 Å². The van der Waals surface area contributed by atoms with Crippen LogP contribution in [0.3, 0.4) is 0 Å². The van der Waals surface area contributed by atoms with Crippen molar-refractivity contribution in [2.45, 2.75) is 31.7 Å². The topological polar surface area (TPSA) is 60.4 Å². The van der Waals surface area contributed by atoms with Crippen molar-refractivity contribution in [1.82, 2.24) is 4.98 Å². The number of carbonyl (C=O) groups is 1. The van der Waals surface area contributed by atoms with Crippen molar-refractivity contribution in [2.75, 3.05) is 13.1 Å². The van der Waals surface area contributed by atoms with Crippen LogP contribution < -0.4 is 10.6 Å². The highest BCUT2D eigenvalue weighted by molar-refractivity contribution is 7.18. The maximum atomic E-state index is 11.3. The zero-order chi connectivity index (χ0) is 14.1. The van der Waals surface area contributed by atoms with E-state index in [1.54, 1.807) is 0 Å². The van der Waals surface area contributed by atoms with E-state index in [2.05, 4.69) is 18.2 Å². The van der Waals surface area contributed by atoms with Crippen LogP contribution in [-0.2, 0) is 4.79 Å². The average Bonchev–Trinajstić information content (AvgIpc) is 2.90. The van der Waals surface area contributed by atoms with Crippen molar-refractivity contribution in [3.63, 3.8) is 0 Å². The summed E-state index contributed by atoms with van der Waals surface area (Å²) in [5.74, 6) is 0.342. The van der Waals surface area contributed by atoms with Gasteiger partial charge < -0.3 is 10.6 Å². The number of rotatable bonds is 3. The number of nitrogens with two attached hydrogens (primary N) is 1. The van der Waals surface area contributed by atoms with Gasteiger partial charge in [-0.1, -0.05) is 12.1 Å². The monoisotopic (exact) mass is 290 g/mol. The molecular weight excluding hydrogens is 270 g/mol. The smallest absolute Gasteiger partial charge is 0.275 e. The van der Waals surface area contributed by atoms with E-state index in [4.69, 9.17) is 10.7 Å². The first-order valence-electron chi connectivity index (χ1n) is 7.14. The van der Waals surface area contributed by atoms with E-state index in [0.717, 1.165) is 31.4 Å². The molecule has 106 valence electrons. The van der Waals surface area contributed by atoms with Crippen molar-refractivity contribution >= 4 is 27.5 Å². The molecule has 3 rings (SSSR count). The van der Waals surface area contributed by atoms with E-state index in [1.807, 2.05) is 24.3 Å². The molecular formula is C15H20N3OS+. The summed E-state index contributed by atoms with van der Waals surface area (Å²) in [4.78, 5) is 17.3. The second-order valence-electron chi connectivity index (χ2n) is 5.58. The number of nitrogens with one attached hydrogen (secondary N) is 1. The molecule has 2 aromatic rings. The number of thiazole rings is 1. The van der Waals surface area contributed by atoms with Gasteiger partial charge >= 0.3 is 0 Å². The fourth-order valence-corrected chi connectivity index (χ4v) is 4.07. The molecule has 1 saturated heterocycles. The predicted octanol–water partition coefficient (Wildman–Crippen LogP) is 0.932. The Hall–Kier alpha value is -1.46. The van der Waals surface area contributed by atoms with E-state index < -0.39 is 0 Å². The molecule has 0 unspecified atom stereocenters. The average molecular weight is 290 g/mol. The van der Waals surface area contributed by atoms with Crippen molar-refractivity contribution < 1.29 is 9.69 Å². The summed E-state index contributed by atoms with van der Waals surface area (Å²) in [7, 11) is 0. The summed E-state index contributed by atoms with van der Waals surface area (Å²) in [6.45, 7) is 3.94. The number of piperidine rings is 1. The Morgan fingerprint density at radius 3 is 2.75 bits per heavy atom. The number of amides is 1. The molecule has 0 spiro atoms. The number of nitrogens with zero attached hydrogens (tertiary/aromatic N) is 1. The van der Waals surface area contributed by atoms with E-state index in [1.165, 1.54) is 14.6 Å². The third-order valence-corrected chi connectivity index (χ3v) is 5.53. The maximum absolute atomic E-state index is 11.3. The first-order valence-corrected chi connectivity index (χ1v) is 7.96. The van der Waals surface area contributed by atoms with Crippen molar-refractivity contribution in [1.29, 1.82) is 0 Å². The highest BCUT2D eigenvalue weighted by Gasteiger charge is 2.30. The molecule has 1 aliphatic heterocycles. The van der Waals surface area contributed by atoms with Crippen molar-refractivity contribution in [2.24, 2.45) is 5.73 Å². The van der Waals surface area contributed by atoms with Crippen molar-refractivity contribution in [3.8, 4) is 0 Å². The molecule has 1 amide bonds. The van der Waals surface area contributed by atoms with Gasteiger partial charge in [-0.15, -0.1) is 11.3 Å². The fraction of sp³-hybridized carbons (Fsp3) is 0.467. The molecule has 1 aromatic carbocycles. The molecule has 1 aliphatic rings. The van der Waals surface area contributed by atoms with Gasteiger partial charge in [0.2, 0.25) is 0 Å². The van der Waals surface area contributed by atoms with Gasteiger partial charge in [0.05, 0.1) is 28.3 Å². The molecule has 2 heterocycles. The normalized spacial score (nSPS) is 24.6. The molecule has 0 aliphatic carbocycles. The van der Waals surface area contributed by atoms with E-state index in [0.29, 0.717) is 5.92 Å². The molecule has 1 atom stereocenters. The van der Waals surface area contributed by atoms with Gasteiger partial charge in [0.25, 0.3) is 5.91 Å². The minimum Gasteiger partial charge on any atom is -0.365 e. The summed E-state index contributed by atoms with van der Waals surface area (Å²) in [5.41, 5.74) is 6.50. The number of quaternary nitrogens is 1. The quantitative estimate of drug-likeness (QED) is 0.883. The third kappa shape index (κ3) is 2.55. The molecule has 5 heteroatoms. The SMILES string of the molecule is C[C@H](C(N)=O)[NH+]1CCC(c2nc3ccccc3s2)CC1. The second kappa shape index (κ2) is 5.50. The second-order valence-corrected chi connectivity index (χ2v) is 6.64. The first-order chi connectivity index (χ1) is 9.65. The zero-order valence-corrected chi connectivity index (χ0v) is 12.5. The summed E-state index contributed by atoms with van der Waals surface area (Å²) < 4.78 is 1.27. The standard InChI is InChI=1S/C15H19N3OS/c1-10(14(16)19)18-8-6-11(7-9-18)15-17-12-4-2-3-5-13(12)20-15/h2-5,10-11H,6-9H2,1H3,(H2,16,19)/p+1/t10-/m1/s1. The number of para-hydroxylation sites is 1. The molecule has 0 bridgehead atoms. The highest BCUT2D eigenvalue weighted by atomic mass is 32.1. The van der Waals surface area contributed by atoms with Crippen LogP contribution in [0.4, 0.5) is 0 Å². The predicted molar refractivity (Wildman–Crippen MR) is 80.9 cm³/mol. The Balaban J connectivity index is 1.70. The van der Waals surface area contributed by atoms with Crippen LogP contribution in [0.25, 0.3) is 10.2 Å². The minimum absolute atomic E-state index is 0.0775. The highest BCUT2D eigenvalue weighted by Crippen LogP contribution is 2.31. The third-order valence-electron chi connectivity index (χ3n) is 4.33. The van der Waals surface area contributed by atoms with Gasteiger partial charge in [-0.3, -0.25) is 4.79 Å². The largest absolute Gasteiger partial charge is 0.365 e. The van der Waals surface area contributed by atoms with Gasteiger partial charge in [-0.25, -0.2) is 4.98 Å². The number of primary amides is 1. The number of fused-ring (bicyclic) bond motifs is 1. The van der Waals surface area contributed by atoms with E-state index >= 15 is 0 Å². The van der Waals surface area contributed by atoms with Crippen LogP contribution >= 0.6 is 11.3 Å². The number of carbonyl (C=O) groups excluding carboxylic acids is 1.